The van der Waals surface area contributed by atoms with Crippen LogP contribution in [0.5, 0.6) is 0 Å². The molecular formula is C14H27N3O. The molecule has 0 amide bonds. The second-order valence-corrected chi connectivity index (χ2v) is 6.00. The predicted octanol–water partition coefficient (Wildman–Crippen LogP) is 0.535. The zero-order chi connectivity index (χ0) is 13.0. The largest absolute Gasteiger partial charge is 0.308 e. The minimum Gasteiger partial charge on any atom is -0.308 e. The molecule has 18 heavy (non-hydrogen) atoms. The van der Waals surface area contributed by atoms with Crippen molar-refractivity contribution in [3.05, 3.63) is 0 Å². The van der Waals surface area contributed by atoms with E-state index >= 15 is 0 Å². The Labute approximate surface area is 111 Å². The molecule has 1 atom stereocenters. The topological polar surface area (TPSA) is 26.8 Å². The van der Waals surface area contributed by atoms with Crippen molar-refractivity contribution in [3.63, 3.8) is 0 Å². The fourth-order valence-electron chi connectivity index (χ4n) is 2.93. The summed E-state index contributed by atoms with van der Waals surface area (Å²) >= 11 is 0. The van der Waals surface area contributed by atoms with Gasteiger partial charge in [0.25, 0.3) is 0 Å². The van der Waals surface area contributed by atoms with E-state index in [1.165, 1.54) is 6.54 Å². The number of piperazine rings is 1. The molecule has 4 heteroatoms. The molecule has 1 heterocycles. The van der Waals surface area contributed by atoms with Crippen LogP contribution in [-0.4, -0.2) is 80.4 Å². The monoisotopic (exact) mass is 253 g/mol. The first kappa shape index (κ1) is 14.0. The average molecular weight is 253 g/mol. The molecule has 0 N–H and O–H groups in total. The molecule has 1 saturated heterocycles. The molecule has 2 fully saturated rings. The fourth-order valence-corrected chi connectivity index (χ4v) is 2.93. The van der Waals surface area contributed by atoms with Gasteiger partial charge in [0.2, 0.25) is 0 Å². The van der Waals surface area contributed by atoms with Crippen molar-refractivity contribution in [2.45, 2.75) is 19.3 Å². The van der Waals surface area contributed by atoms with E-state index in [0.717, 1.165) is 58.5 Å². The number of Topliss-reactive ketones (excluding diaryl/α,β-unsaturated/α-hetero) is 1. The van der Waals surface area contributed by atoms with Gasteiger partial charge < -0.3 is 9.80 Å². The summed E-state index contributed by atoms with van der Waals surface area (Å²) in [6.07, 6.45) is 3.07. The molecule has 1 unspecified atom stereocenters. The van der Waals surface area contributed by atoms with Crippen LogP contribution >= 0.6 is 0 Å². The summed E-state index contributed by atoms with van der Waals surface area (Å²) in [5.41, 5.74) is 0. The summed E-state index contributed by atoms with van der Waals surface area (Å²) in [7, 11) is 4.25. The normalized spacial score (nSPS) is 27.3. The molecule has 2 rings (SSSR count). The molecule has 0 aromatic heterocycles. The van der Waals surface area contributed by atoms with E-state index in [-0.39, 0.29) is 0 Å². The van der Waals surface area contributed by atoms with Crippen LogP contribution in [0.4, 0.5) is 0 Å². The highest BCUT2D eigenvalue weighted by Crippen LogP contribution is 2.22. The zero-order valence-corrected chi connectivity index (χ0v) is 11.9. The number of hydrogen-bond donors (Lipinski definition) is 0. The Bertz CT molecular complexity index is 272. The van der Waals surface area contributed by atoms with E-state index in [9.17, 15) is 4.79 Å². The molecular weight excluding hydrogens is 226 g/mol. The maximum atomic E-state index is 11.6. The summed E-state index contributed by atoms with van der Waals surface area (Å²) in [4.78, 5) is 18.9. The van der Waals surface area contributed by atoms with Gasteiger partial charge in [-0.2, -0.15) is 0 Å². The Morgan fingerprint density at radius 3 is 2.39 bits per heavy atom. The average Bonchev–Trinajstić information content (AvgIpc) is 2.74. The number of carbonyl (C=O) groups is 1. The fraction of sp³-hybridized carbons (Fsp3) is 0.929. The highest BCUT2D eigenvalue weighted by atomic mass is 16.1. The van der Waals surface area contributed by atoms with Crippen LogP contribution in [0.15, 0.2) is 0 Å². The van der Waals surface area contributed by atoms with Crippen LogP contribution in [0.25, 0.3) is 0 Å². The van der Waals surface area contributed by atoms with Crippen LogP contribution in [0.2, 0.25) is 0 Å². The van der Waals surface area contributed by atoms with Gasteiger partial charge in [-0.05, 0) is 26.9 Å². The van der Waals surface area contributed by atoms with Crippen molar-refractivity contribution in [1.82, 2.24) is 14.7 Å². The third kappa shape index (κ3) is 4.04. The van der Waals surface area contributed by atoms with Gasteiger partial charge >= 0.3 is 0 Å². The van der Waals surface area contributed by atoms with E-state index in [1.807, 2.05) is 0 Å². The Hall–Kier alpha value is -0.450. The number of likely N-dealkylation sites (N-methyl/N-ethyl adjacent to an activating group) is 1. The van der Waals surface area contributed by atoms with Gasteiger partial charge in [-0.3, -0.25) is 9.69 Å². The first-order valence-corrected chi connectivity index (χ1v) is 7.27. The summed E-state index contributed by atoms with van der Waals surface area (Å²) in [5, 5.41) is 0. The summed E-state index contributed by atoms with van der Waals surface area (Å²) < 4.78 is 0. The molecule has 2 aliphatic rings. The highest BCUT2D eigenvalue weighted by molar-refractivity contribution is 5.83. The molecule has 0 radical (unpaired) electrons. The first-order valence-electron chi connectivity index (χ1n) is 7.27. The van der Waals surface area contributed by atoms with Crippen molar-refractivity contribution in [2.24, 2.45) is 5.92 Å². The Balaban J connectivity index is 1.65. The quantitative estimate of drug-likeness (QED) is 0.714. The van der Waals surface area contributed by atoms with E-state index < -0.39 is 0 Å². The molecule has 1 aliphatic heterocycles. The third-order valence-corrected chi connectivity index (χ3v) is 4.24. The summed E-state index contributed by atoms with van der Waals surface area (Å²) in [5.74, 6) is 0.850. The van der Waals surface area contributed by atoms with E-state index in [4.69, 9.17) is 0 Å². The van der Waals surface area contributed by atoms with Crippen LogP contribution in [0.3, 0.4) is 0 Å². The molecule has 0 bridgehead atoms. The molecule has 0 spiro atoms. The summed E-state index contributed by atoms with van der Waals surface area (Å²) in [6.45, 7) is 7.92. The van der Waals surface area contributed by atoms with Crippen molar-refractivity contribution >= 4 is 5.78 Å². The number of carbonyl (C=O) groups excluding carboxylic acids is 1. The van der Waals surface area contributed by atoms with Crippen LogP contribution < -0.4 is 0 Å². The van der Waals surface area contributed by atoms with Gasteiger partial charge in [-0.25, -0.2) is 0 Å². The van der Waals surface area contributed by atoms with Gasteiger partial charge in [0.1, 0.15) is 5.78 Å². The number of hydrogen-bond acceptors (Lipinski definition) is 4. The molecule has 1 saturated carbocycles. The first-order chi connectivity index (χ1) is 8.65. The van der Waals surface area contributed by atoms with Gasteiger partial charge in [0, 0.05) is 58.2 Å². The second kappa shape index (κ2) is 6.64. The van der Waals surface area contributed by atoms with E-state index in [2.05, 4.69) is 28.8 Å². The molecule has 0 aromatic rings. The lowest BCUT2D eigenvalue weighted by Gasteiger charge is -2.36. The highest BCUT2D eigenvalue weighted by Gasteiger charge is 2.27. The lowest BCUT2D eigenvalue weighted by atomic mass is 10.1. The SMILES string of the molecule is CN(C)CCN1CCN(CC2CCCC2=O)CC1. The van der Waals surface area contributed by atoms with Crippen molar-refractivity contribution in [2.75, 3.05) is 59.9 Å². The Morgan fingerprint density at radius 2 is 1.83 bits per heavy atom. The second-order valence-electron chi connectivity index (χ2n) is 6.00. The van der Waals surface area contributed by atoms with E-state index in [1.54, 1.807) is 0 Å². The summed E-state index contributed by atoms with van der Waals surface area (Å²) in [6, 6.07) is 0. The molecule has 4 nitrogen and oxygen atoms in total. The smallest absolute Gasteiger partial charge is 0.137 e. The van der Waals surface area contributed by atoms with Gasteiger partial charge in [0.05, 0.1) is 0 Å². The van der Waals surface area contributed by atoms with Crippen molar-refractivity contribution in [3.8, 4) is 0 Å². The standard InChI is InChI=1S/C14H27N3O/c1-15(2)6-7-16-8-10-17(11-9-16)12-13-4-3-5-14(13)18/h13H,3-12H2,1-2H3. The van der Waals surface area contributed by atoms with Crippen molar-refractivity contribution < 1.29 is 4.79 Å². The zero-order valence-electron chi connectivity index (χ0n) is 11.9. The lowest BCUT2D eigenvalue weighted by molar-refractivity contribution is -0.121. The minimum atomic E-state index is 0.346. The van der Waals surface area contributed by atoms with E-state index in [0.29, 0.717) is 11.7 Å². The lowest BCUT2D eigenvalue weighted by Crippen LogP contribution is -2.49. The molecule has 104 valence electrons. The Morgan fingerprint density at radius 1 is 1.17 bits per heavy atom. The molecule has 0 aromatic carbocycles. The third-order valence-electron chi connectivity index (χ3n) is 4.24. The maximum Gasteiger partial charge on any atom is 0.137 e. The molecule has 1 aliphatic carbocycles. The Kier molecular flexibility index (Phi) is 5.15. The minimum absolute atomic E-state index is 0.346. The van der Waals surface area contributed by atoms with Gasteiger partial charge in [-0.1, -0.05) is 0 Å². The van der Waals surface area contributed by atoms with Gasteiger partial charge in [0.15, 0.2) is 0 Å². The van der Waals surface area contributed by atoms with Crippen LogP contribution in [-0.2, 0) is 4.79 Å². The number of rotatable bonds is 5. The van der Waals surface area contributed by atoms with Crippen molar-refractivity contribution in [1.29, 1.82) is 0 Å². The number of nitrogens with zero attached hydrogens (tertiary/aromatic N) is 3. The predicted molar refractivity (Wildman–Crippen MR) is 73.8 cm³/mol. The number of ketones is 1. The van der Waals surface area contributed by atoms with Crippen LogP contribution in [0.1, 0.15) is 19.3 Å². The van der Waals surface area contributed by atoms with Crippen LogP contribution in [0, 0.1) is 5.92 Å². The maximum absolute atomic E-state index is 11.6. The van der Waals surface area contributed by atoms with Gasteiger partial charge in [-0.15, -0.1) is 0 Å².